The predicted octanol–water partition coefficient (Wildman–Crippen LogP) is -1.22. The van der Waals surface area contributed by atoms with Crippen molar-refractivity contribution in [2.45, 2.75) is 169 Å². The van der Waals surface area contributed by atoms with Crippen molar-refractivity contribution in [3.63, 3.8) is 0 Å². The van der Waals surface area contributed by atoms with Crippen LogP contribution in [0.1, 0.15) is 109 Å². The van der Waals surface area contributed by atoms with Gasteiger partial charge in [0.2, 0.25) is 41.4 Å². The van der Waals surface area contributed by atoms with Crippen LogP contribution in [0.15, 0.2) is 0 Å². The van der Waals surface area contributed by atoms with Crippen LogP contribution in [0.3, 0.4) is 0 Å². The van der Waals surface area contributed by atoms with Crippen LogP contribution < -0.4 is 43.0 Å². The molecule has 12 N–H and O–H groups in total. The van der Waals surface area contributed by atoms with E-state index in [9.17, 15) is 53.7 Å². The number of amides is 7. The molecule has 0 bridgehead atoms. The molecule has 0 unspecified atom stereocenters. The van der Waals surface area contributed by atoms with E-state index in [1.165, 1.54) is 13.8 Å². The fraction of sp³-hybridized carbons (Fsp3) is 0.789. The van der Waals surface area contributed by atoms with Crippen LogP contribution in [0.2, 0.25) is 0 Å². The van der Waals surface area contributed by atoms with E-state index < -0.39 is 126 Å². The lowest BCUT2D eigenvalue weighted by Gasteiger charge is -2.31. The molecule has 0 aliphatic carbocycles. The molecule has 19 nitrogen and oxygen atoms in total. The molecule has 7 amide bonds. The molecular formula is C38H70N8O11. The van der Waals surface area contributed by atoms with Crippen LogP contribution in [0.4, 0.5) is 0 Å². The van der Waals surface area contributed by atoms with Gasteiger partial charge < -0.3 is 58.3 Å². The summed E-state index contributed by atoms with van der Waals surface area (Å²) >= 11 is 0. The van der Waals surface area contributed by atoms with Crippen molar-refractivity contribution in [2.75, 3.05) is 0 Å². The molecule has 0 spiro atoms. The number of carboxylic acid groups (broad SMARTS) is 1. The van der Waals surface area contributed by atoms with Crippen LogP contribution in [0.5, 0.6) is 0 Å². The molecule has 12 atom stereocenters. The van der Waals surface area contributed by atoms with Gasteiger partial charge in [-0.3, -0.25) is 33.6 Å². The second kappa shape index (κ2) is 25.1. The predicted molar refractivity (Wildman–Crippen MR) is 212 cm³/mol. The van der Waals surface area contributed by atoms with E-state index in [2.05, 4.69) is 37.2 Å². The molecule has 0 saturated heterocycles. The number of aliphatic carboxylic acids is 1. The van der Waals surface area contributed by atoms with Crippen molar-refractivity contribution in [3.8, 4) is 0 Å². The maximum absolute atomic E-state index is 13.7. The van der Waals surface area contributed by atoms with Crippen LogP contribution >= 0.6 is 0 Å². The fourth-order valence-electron chi connectivity index (χ4n) is 5.55. The number of hydrogen-bond donors (Lipinski definition) is 11. The fourth-order valence-corrected chi connectivity index (χ4v) is 5.55. The van der Waals surface area contributed by atoms with Gasteiger partial charge in [-0.2, -0.15) is 0 Å². The number of aliphatic hydroxyl groups is 2. The number of nitrogens with two attached hydrogens (primary N) is 1. The third-order valence-electron chi connectivity index (χ3n) is 10.0. The minimum absolute atomic E-state index is 0.0915. The number of carbonyl (C=O) groups is 8. The molecule has 0 radical (unpaired) electrons. The summed E-state index contributed by atoms with van der Waals surface area (Å²) < 4.78 is 0. The Kier molecular flexibility index (Phi) is 23.2. The number of aliphatic hydroxyl groups excluding tert-OH is 2. The zero-order valence-electron chi connectivity index (χ0n) is 35.6. The molecule has 0 fully saturated rings. The third kappa shape index (κ3) is 16.6. The first-order chi connectivity index (χ1) is 26.4. The lowest BCUT2D eigenvalue weighted by molar-refractivity contribution is -0.144. The van der Waals surface area contributed by atoms with Gasteiger partial charge >= 0.3 is 5.97 Å². The quantitative estimate of drug-likeness (QED) is 0.0517. The van der Waals surface area contributed by atoms with E-state index in [1.807, 2.05) is 0 Å². The number of rotatable bonds is 25. The highest BCUT2D eigenvalue weighted by molar-refractivity contribution is 5.98. The SMILES string of the molecule is CC[C@H](NC(=O)[C@H](NC(=O)[C@@H](N)[C@@H](C)O)C(C)C)C(=O)N[C@H](C(=O)N[C@H](C(=O)N[C@@H](C(=O)N[C@@H](CC)C(=O)N[C@H](C(=O)O)[C@@H](C)CC)C(C)C)[C@@H](C)O)[C@@H](C)CC. The van der Waals surface area contributed by atoms with Crippen LogP contribution in [0, 0.1) is 23.7 Å². The highest BCUT2D eigenvalue weighted by Crippen LogP contribution is 2.13. The highest BCUT2D eigenvalue weighted by atomic mass is 16.4. The minimum Gasteiger partial charge on any atom is -0.480 e. The van der Waals surface area contributed by atoms with E-state index in [0.717, 1.165) is 0 Å². The van der Waals surface area contributed by atoms with Crippen molar-refractivity contribution in [3.05, 3.63) is 0 Å². The van der Waals surface area contributed by atoms with Gasteiger partial charge in [0.05, 0.1) is 12.2 Å². The highest BCUT2D eigenvalue weighted by Gasteiger charge is 2.37. The number of hydrogen-bond acceptors (Lipinski definition) is 11. The molecule has 328 valence electrons. The van der Waals surface area contributed by atoms with Gasteiger partial charge in [-0.05, 0) is 50.4 Å². The Labute approximate surface area is 336 Å². The van der Waals surface area contributed by atoms with Crippen LogP contribution in [0.25, 0.3) is 0 Å². The van der Waals surface area contributed by atoms with Crippen LogP contribution in [-0.4, -0.2) is 123 Å². The summed E-state index contributed by atoms with van der Waals surface area (Å²) in [5.41, 5.74) is 5.71. The Morgan fingerprint density at radius 1 is 0.421 bits per heavy atom. The molecule has 0 saturated carbocycles. The van der Waals surface area contributed by atoms with Crippen molar-refractivity contribution in [1.82, 2.24) is 37.2 Å². The van der Waals surface area contributed by atoms with Gasteiger partial charge in [0.1, 0.15) is 48.3 Å². The average Bonchev–Trinajstić information content (AvgIpc) is 3.14. The molecule has 0 aromatic heterocycles. The largest absolute Gasteiger partial charge is 0.480 e. The minimum atomic E-state index is -1.60. The van der Waals surface area contributed by atoms with E-state index >= 15 is 0 Å². The average molecular weight is 815 g/mol. The molecule has 19 heteroatoms. The van der Waals surface area contributed by atoms with Gasteiger partial charge in [0, 0.05) is 0 Å². The normalized spacial score (nSPS) is 17.8. The Morgan fingerprint density at radius 3 is 1.07 bits per heavy atom. The summed E-state index contributed by atoms with van der Waals surface area (Å²) in [6.45, 7) is 19.3. The molecular weight excluding hydrogens is 744 g/mol. The van der Waals surface area contributed by atoms with E-state index in [4.69, 9.17) is 5.73 Å². The molecule has 0 aliphatic rings. The van der Waals surface area contributed by atoms with E-state index in [1.54, 1.807) is 69.2 Å². The monoisotopic (exact) mass is 815 g/mol. The summed E-state index contributed by atoms with van der Waals surface area (Å²) in [5.74, 6) is -8.51. The lowest BCUT2D eigenvalue weighted by Crippen LogP contribution is -2.63. The zero-order valence-corrected chi connectivity index (χ0v) is 35.6. The number of nitrogens with one attached hydrogen (secondary N) is 7. The van der Waals surface area contributed by atoms with Gasteiger partial charge in [0.25, 0.3) is 0 Å². The molecule has 0 rings (SSSR count). The van der Waals surface area contributed by atoms with Crippen molar-refractivity contribution in [1.29, 1.82) is 0 Å². The first kappa shape index (κ1) is 52.6. The topological polar surface area (TPSA) is 307 Å². The Balaban J connectivity index is 6.08. The zero-order chi connectivity index (χ0) is 44.5. The summed E-state index contributed by atoms with van der Waals surface area (Å²) in [6, 6.07) is -9.95. The van der Waals surface area contributed by atoms with Crippen molar-refractivity contribution < 1.29 is 53.7 Å². The smallest absolute Gasteiger partial charge is 0.326 e. The van der Waals surface area contributed by atoms with E-state index in [-0.39, 0.29) is 18.8 Å². The first-order valence-corrected chi connectivity index (χ1v) is 19.9. The second-order valence-electron chi connectivity index (χ2n) is 15.5. The molecule has 0 aromatic rings. The number of carboxylic acids is 1. The van der Waals surface area contributed by atoms with Crippen molar-refractivity contribution >= 4 is 47.3 Å². The molecule has 57 heavy (non-hydrogen) atoms. The molecule has 0 aliphatic heterocycles. The Morgan fingerprint density at radius 2 is 0.737 bits per heavy atom. The van der Waals surface area contributed by atoms with Gasteiger partial charge in [-0.15, -0.1) is 0 Å². The summed E-state index contributed by atoms with van der Waals surface area (Å²) in [5, 5.41) is 47.7. The summed E-state index contributed by atoms with van der Waals surface area (Å²) in [4.78, 5) is 105. The Bertz CT molecular complexity index is 1380. The van der Waals surface area contributed by atoms with Crippen molar-refractivity contribution in [2.24, 2.45) is 29.4 Å². The maximum atomic E-state index is 13.7. The first-order valence-electron chi connectivity index (χ1n) is 19.9. The van der Waals surface area contributed by atoms with E-state index in [0.29, 0.717) is 12.8 Å². The molecule has 0 aromatic carbocycles. The third-order valence-corrected chi connectivity index (χ3v) is 10.0. The second-order valence-corrected chi connectivity index (χ2v) is 15.5. The summed E-state index contributed by atoms with van der Waals surface area (Å²) in [7, 11) is 0. The standard InChI is InChI=1S/C38H70N8O11/c1-13-19(9)28(44-31(49)23(15-3)40-34(52)26(17(5)6)42-33(51)25(39)21(11)47)36(54)46-30(22(12)48)37(55)43-27(18(7)8)35(53)41-24(16-4)32(50)45-29(38(56)57)20(10)14-2/h17-30,47-48H,13-16,39H2,1-12H3,(H,40,52)(H,41,53)(H,42,51)(H,43,55)(H,44,49)(H,45,50)(H,46,54)(H,56,57)/t19-,20-,21+,22+,23-,24-,25-,26+,27+,28-,29-,30-/m0/s1. The maximum Gasteiger partial charge on any atom is 0.326 e. The van der Waals surface area contributed by atoms with Gasteiger partial charge in [-0.25, -0.2) is 4.79 Å². The molecule has 0 heterocycles. The summed E-state index contributed by atoms with van der Waals surface area (Å²) in [6.07, 6.45) is -1.58. The lowest BCUT2D eigenvalue weighted by atomic mass is 9.96. The van der Waals surface area contributed by atoms with Gasteiger partial charge in [0.15, 0.2) is 0 Å². The van der Waals surface area contributed by atoms with Crippen LogP contribution in [-0.2, 0) is 38.4 Å². The van der Waals surface area contributed by atoms with Gasteiger partial charge in [-0.1, -0.05) is 82.1 Å². The number of carbonyl (C=O) groups excluding carboxylic acids is 7. The Hall–Kier alpha value is -4.36.